The summed E-state index contributed by atoms with van der Waals surface area (Å²) in [4.78, 5) is 12.4. The second-order valence-electron chi connectivity index (χ2n) is 5.47. The molecule has 2 atom stereocenters. The molecule has 2 unspecified atom stereocenters. The maximum Gasteiger partial charge on any atom is 0.252 e. The number of ether oxygens (including phenoxy) is 1. The molecule has 0 spiro atoms. The fourth-order valence-electron chi connectivity index (χ4n) is 2.69. The quantitative estimate of drug-likeness (QED) is 0.793. The van der Waals surface area contributed by atoms with E-state index in [1.807, 2.05) is 37.3 Å². The molecule has 1 saturated heterocycles. The van der Waals surface area contributed by atoms with Crippen LogP contribution in [0.25, 0.3) is 0 Å². The molecular weight excluding hydrogens is 290 g/mol. The molecule has 23 heavy (non-hydrogen) atoms. The van der Waals surface area contributed by atoms with Gasteiger partial charge >= 0.3 is 0 Å². The predicted molar refractivity (Wildman–Crippen MR) is 88.9 cm³/mol. The van der Waals surface area contributed by atoms with Crippen molar-refractivity contribution in [1.29, 1.82) is 0 Å². The predicted octanol–water partition coefficient (Wildman–Crippen LogP) is 2.38. The number of rotatable bonds is 5. The third kappa shape index (κ3) is 3.88. The van der Waals surface area contributed by atoms with E-state index in [9.17, 15) is 4.79 Å². The lowest BCUT2D eigenvalue weighted by atomic mass is 10.0. The molecule has 1 aliphatic heterocycles. The first-order chi connectivity index (χ1) is 11.3. The Morgan fingerprint density at radius 1 is 1.17 bits per heavy atom. The van der Waals surface area contributed by atoms with Crippen LogP contribution in [-0.2, 0) is 0 Å². The van der Waals surface area contributed by atoms with Crippen molar-refractivity contribution in [2.45, 2.75) is 25.6 Å². The zero-order chi connectivity index (χ0) is 16.1. The third-order valence-corrected chi connectivity index (χ3v) is 3.82. The molecule has 5 heteroatoms. The van der Waals surface area contributed by atoms with Gasteiger partial charge in [-0.3, -0.25) is 4.79 Å². The van der Waals surface area contributed by atoms with Gasteiger partial charge in [-0.05, 0) is 30.7 Å². The highest BCUT2D eigenvalue weighted by atomic mass is 16.5. The minimum Gasteiger partial charge on any atom is -0.494 e. The second kappa shape index (κ2) is 7.26. The second-order valence-corrected chi connectivity index (χ2v) is 5.47. The SMILES string of the molecule is CCOc1cccc(C(=O)NC2CC(c3ccccc3)NN2)c1. The van der Waals surface area contributed by atoms with Crippen LogP contribution in [0, 0.1) is 0 Å². The van der Waals surface area contributed by atoms with Gasteiger partial charge in [0.05, 0.1) is 12.8 Å². The number of benzene rings is 2. The molecule has 1 fully saturated rings. The van der Waals surface area contributed by atoms with E-state index in [4.69, 9.17) is 4.74 Å². The van der Waals surface area contributed by atoms with Crippen molar-refractivity contribution in [2.24, 2.45) is 0 Å². The van der Waals surface area contributed by atoms with Gasteiger partial charge in [0.25, 0.3) is 5.91 Å². The normalized spacial score (nSPS) is 20.2. The summed E-state index contributed by atoms with van der Waals surface area (Å²) in [6.07, 6.45) is 0.685. The maximum absolute atomic E-state index is 12.4. The van der Waals surface area contributed by atoms with Crippen LogP contribution < -0.4 is 20.9 Å². The molecule has 3 N–H and O–H groups in total. The smallest absolute Gasteiger partial charge is 0.252 e. The van der Waals surface area contributed by atoms with Gasteiger partial charge in [-0.1, -0.05) is 36.4 Å². The van der Waals surface area contributed by atoms with Gasteiger partial charge < -0.3 is 10.1 Å². The number of nitrogens with one attached hydrogen (secondary N) is 3. The molecule has 0 bridgehead atoms. The molecule has 2 aromatic carbocycles. The van der Waals surface area contributed by atoms with Crippen LogP contribution in [0.15, 0.2) is 54.6 Å². The largest absolute Gasteiger partial charge is 0.494 e. The minimum atomic E-state index is -0.112. The van der Waals surface area contributed by atoms with E-state index in [1.54, 1.807) is 12.1 Å². The Hall–Kier alpha value is -2.37. The van der Waals surface area contributed by atoms with Crippen molar-refractivity contribution >= 4 is 5.91 Å². The highest BCUT2D eigenvalue weighted by Gasteiger charge is 2.26. The van der Waals surface area contributed by atoms with E-state index < -0.39 is 0 Å². The van der Waals surface area contributed by atoms with E-state index in [-0.39, 0.29) is 18.1 Å². The Morgan fingerprint density at radius 2 is 2.00 bits per heavy atom. The Labute approximate surface area is 136 Å². The third-order valence-electron chi connectivity index (χ3n) is 3.82. The summed E-state index contributed by atoms with van der Waals surface area (Å²) in [5.74, 6) is 0.597. The zero-order valence-electron chi connectivity index (χ0n) is 13.1. The summed E-state index contributed by atoms with van der Waals surface area (Å²) < 4.78 is 5.43. The van der Waals surface area contributed by atoms with Gasteiger partial charge in [0.15, 0.2) is 0 Å². The topological polar surface area (TPSA) is 62.4 Å². The van der Waals surface area contributed by atoms with Gasteiger partial charge in [0.2, 0.25) is 0 Å². The zero-order valence-corrected chi connectivity index (χ0v) is 13.1. The number of hydrazine groups is 1. The molecule has 0 radical (unpaired) electrons. The molecule has 1 heterocycles. The highest BCUT2D eigenvalue weighted by Crippen LogP contribution is 2.21. The molecule has 2 aromatic rings. The molecule has 3 rings (SSSR count). The van der Waals surface area contributed by atoms with E-state index in [0.717, 1.165) is 6.42 Å². The van der Waals surface area contributed by atoms with Crippen molar-refractivity contribution in [3.63, 3.8) is 0 Å². The van der Waals surface area contributed by atoms with E-state index >= 15 is 0 Å². The van der Waals surface area contributed by atoms with Crippen LogP contribution in [0.3, 0.4) is 0 Å². The van der Waals surface area contributed by atoms with Gasteiger partial charge in [-0.15, -0.1) is 0 Å². The van der Waals surface area contributed by atoms with E-state index in [1.165, 1.54) is 5.56 Å². The lowest BCUT2D eigenvalue weighted by Gasteiger charge is -2.13. The monoisotopic (exact) mass is 311 g/mol. The summed E-state index contributed by atoms with van der Waals surface area (Å²) in [5.41, 5.74) is 8.16. The maximum atomic E-state index is 12.4. The molecule has 0 aromatic heterocycles. The fraction of sp³-hybridized carbons (Fsp3) is 0.278. The molecule has 0 saturated carbocycles. The molecular formula is C18H21N3O2. The van der Waals surface area contributed by atoms with Crippen LogP contribution in [0.2, 0.25) is 0 Å². The fourth-order valence-corrected chi connectivity index (χ4v) is 2.69. The lowest BCUT2D eigenvalue weighted by Crippen LogP contribution is -2.44. The first-order valence-electron chi connectivity index (χ1n) is 7.86. The van der Waals surface area contributed by atoms with E-state index in [0.29, 0.717) is 17.9 Å². The number of hydrogen-bond donors (Lipinski definition) is 3. The van der Waals surface area contributed by atoms with Crippen LogP contribution in [0.1, 0.15) is 35.3 Å². The first-order valence-corrected chi connectivity index (χ1v) is 7.86. The molecule has 5 nitrogen and oxygen atoms in total. The van der Waals surface area contributed by atoms with Gasteiger partial charge in [0.1, 0.15) is 5.75 Å². The number of amides is 1. The van der Waals surface area contributed by atoms with Crippen LogP contribution >= 0.6 is 0 Å². The van der Waals surface area contributed by atoms with E-state index in [2.05, 4.69) is 28.3 Å². The Morgan fingerprint density at radius 3 is 2.78 bits per heavy atom. The van der Waals surface area contributed by atoms with Crippen LogP contribution in [0.4, 0.5) is 0 Å². The standard InChI is InChI=1S/C18H21N3O2/c1-2-23-15-10-6-9-14(11-15)18(22)19-17-12-16(20-21-17)13-7-4-3-5-8-13/h3-11,16-17,20-21H,2,12H2,1H3,(H,19,22). The number of carbonyl (C=O) groups excluding carboxylic acids is 1. The summed E-state index contributed by atoms with van der Waals surface area (Å²) in [6.45, 7) is 2.50. The summed E-state index contributed by atoms with van der Waals surface area (Å²) in [5, 5.41) is 3.00. The average molecular weight is 311 g/mol. The molecule has 120 valence electrons. The van der Waals surface area contributed by atoms with Crippen molar-refractivity contribution in [2.75, 3.05) is 6.61 Å². The molecule has 1 amide bonds. The summed E-state index contributed by atoms with van der Waals surface area (Å²) in [7, 11) is 0. The van der Waals surface area contributed by atoms with Crippen LogP contribution in [-0.4, -0.2) is 18.7 Å². The Bertz CT molecular complexity index is 660. The summed E-state index contributed by atoms with van der Waals surface area (Å²) >= 11 is 0. The van der Waals surface area contributed by atoms with Crippen molar-refractivity contribution < 1.29 is 9.53 Å². The van der Waals surface area contributed by atoms with Crippen LogP contribution in [0.5, 0.6) is 5.75 Å². The summed E-state index contributed by atoms with van der Waals surface area (Å²) in [6, 6.07) is 17.6. The minimum absolute atomic E-state index is 0.108. The number of carbonyl (C=O) groups is 1. The highest BCUT2D eigenvalue weighted by molar-refractivity contribution is 5.94. The van der Waals surface area contributed by atoms with Gasteiger partial charge in [-0.2, -0.15) is 0 Å². The molecule has 1 aliphatic rings. The van der Waals surface area contributed by atoms with Gasteiger partial charge in [-0.25, -0.2) is 10.9 Å². The Kier molecular flexibility index (Phi) is 4.90. The molecule has 0 aliphatic carbocycles. The first kappa shape index (κ1) is 15.5. The number of hydrogen-bond acceptors (Lipinski definition) is 4. The van der Waals surface area contributed by atoms with Gasteiger partial charge in [0, 0.05) is 18.0 Å². The average Bonchev–Trinajstić information content (AvgIpc) is 3.05. The van der Waals surface area contributed by atoms with Crippen molar-refractivity contribution in [3.8, 4) is 5.75 Å². The van der Waals surface area contributed by atoms with Crippen molar-refractivity contribution in [3.05, 3.63) is 65.7 Å². The lowest BCUT2D eigenvalue weighted by molar-refractivity contribution is 0.0932. The Balaban J connectivity index is 1.60. The van der Waals surface area contributed by atoms with Crippen molar-refractivity contribution in [1.82, 2.24) is 16.2 Å².